The van der Waals surface area contributed by atoms with Gasteiger partial charge in [-0.2, -0.15) is 18.2 Å². The van der Waals surface area contributed by atoms with E-state index in [1.807, 2.05) is 13.0 Å². The number of alkyl halides is 3. The average Bonchev–Trinajstić information content (AvgIpc) is 3.31. The first kappa shape index (κ1) is 24.9. The number of fused-ring (bicyclic) bond motifs is 1. The number of carbonyl (C=O) groups is 1. The Balaban J connectivity index is 1.60. The Morgan fingerprint density at radius 1 is 1.31 bits per heavy atom. The van der Waals surface area contributed by atoms with Crippen LogP contribution in [0.3, 0.4) is 0 Å². The van der Waals surface area contributed by atoms with Crippen molar-refractivity contribution in [1.82, 2.24) is 15.0 Å². The van der Waals surface area contributed by atoms with E-state index >= 15 is 0 Å². The van der Waals surface area contributed by atoms with Gasteiger partial charge in [0.15, 0.2) is 5.58 Å². The normalized spacial score (nSPS) is 22.5. The van der Waals surface area contributed by atoms with Crippen LogP contribution in [0.2, 0.25) is 5.15 Å². The van der Waals surface area contributed by atoms with Crippen molar-refractivity contribution in [3.63, 3.8) is 0 Å². The number of aliphatic hydroxyl groups excluding tert-OH is 2. The summed E-state index contributed by atoms with van der Waals surface area (Å²) in [4.78, 5) is 23.4. The zero-order valence-corrected chi connectivity index (χ0v) is 19.0. The van der Waals surface area contributed by atoms with Gasteiger partial charge in [-0.25, -0.2) is 9.78 Å². The summed E-state index contributed by atoms with van der Waals surface area (Å²) in [6.45, 7) is 1.23. The molecule has 0 unspecified atom stereocenters. The number of esters is 1. The predicted molar refractivity (Wildman–Crippen MR) is 118 cm³/mol. The van der Waals surface area contributed by atoms with Crippen LogP contribution in [-0.2, 0) is 16.0 Å². The lowest BCUT2D eigenvalue weighted by Crippen LogP contribution is -2.36. The molecule has 10 nitrogen and oxygen atoms in total. The lowest BCUT2D eigenvalue weighted by atomic mass is 10.1. The molecule has 1 aliphatic carbocycles. The summed E-state index contributed by atoms with van der Waals surface area (Å²) in [6.07, 6.45) is -5.80. The van der Waals surface area contributed by atoms with Crippen LogP contribution in [0.5, 0.6) is 0 Å². The van der Waals surface area contributed by atoms with Gasteiger partial charge in [0.05, 0.1) is 30.5 Å². The molecule has 14 heteroatoms. The Bertz CT molecular complexity index is 1250. The number of aliphatic hydroxyl groups is 2. The first-order valence-electron chi connectivity index (χ1n) is 10.6. The van der Waals surface area contributed by atoms with Crippen LogP contribution in [-0.4, -0.2) is 62.2 Å². The van der Waals surface area contributed by atoms with E-state index in [1.165, 1.54) is 0 Å². The molecule has 0 amide bonds. The topological polar surface area (TPSA) is 157 Å². The van der Waals surface area contributed by atoms with Crippen LogP contribution in [0, 0.1) is 5.92 Å². The number of nitrogens with zero attached hydrogens (tertiary/aromatic N) is 3. The highest BCUT2D eigenvalue weighted by Gasteiger charge is 2.45. The minimum absolute atomic E-state index is 0.0433. The number of aryl methyl sites for hydroxylation is 1. The van der Waals surface area contributed by atoms with Crippen molar-refractivity contribution in [3.05, 3.63) is 29.2 Å². The molecule has 0 aromatic carbocycles. The number of halogens is 4. The van der Waals surface area contributed by atoms with E-state index in [9.17, 15) is 28.2 Å². The van der Waals surface area contributed by atoms with Crippen molar-refractivity contribution in [2.75, 3.05) is 17.7 Å². The van der Waals surface area contributed by atoms with Gasteiger partial charge in [0.2, 0.25) is 5.95 Å². The second-order valence-electron chi connectivity index (χ2n) is 8.10. The molecule has 0 spiro atoms. The van der Waals surface area contributed by atoms with Gasteiger partial charge in [-0.15, -0.1) is 0 Å². The smallest absolute Gasteiger partial charge is 0.459 e. The van der Waals surface area contributed by atoms with Crippen molar-refractivity contribution < 1.29 is 37.3 Å². The summed E-state index contributed by atoms with van der Waals surface area (Å²) in [7, 11) is 0. The first-order valence-corrected chi connectivity index (χ1v) is 10.9. The molecular weight excluding hydrogens is 495 g/mol. The quantitative estimate of drug-likeness (QED) is 0.284. The minimum Gasteiger partial charge on any atom is -0.459 e. The fourth-order valence-electron chi connectivity index (χ4n) is 3.95. The highest BCUT2D eigenvalue weighted by atomic mass is 35.5. The number of aromatic nitrogens is 3. The molecule has 3 heterocycles. The van der Waals surface area contributed by atoms with E-state index in [1.54, 1.807) is 12.3 Å². The molecule has 1 fully saturated rings. The lowest BCUT2D eigenvalue weighted by molar-refractivity contribution is -0.201. The molecule has 188 valence electrons. The van der Waals surface area contributed by atoms with E-state index in [4.69, 9.17) is 21.8 Å². The number of ether oxygens (including phenoxy) is 1. The van der Waals surface area contributed by atoms with Gasteiger partial charge in [-0.3, -0.25) is 4.98 Å². The summed E-state index contributed by atoms with van der Waals surface area (Å²) < 4.78 is 47.3. The maximum Gasteiger partial charge on any atom is 0.490 e. The number of hydrogen-bond donors (Lipinski definition) is 4. The molecule has 0 aliphatic heterocycles. The van der Waals surface area contributed by atoms with Crippen LogP contribution in [0.1, 0.15) is 19.0 Å². The monoisotopic (exact) mass is 515 g/mol. The standard InChI is InChI=1S/C21H21ClF3N5O5/c1-2-10-3-8-5-12(35-13(8)6-27-10)14-17(22)29-20(26)30-18(14)28-11-4-9(15(31)16(11)32)7-34-19(33)21(23,24)25/h3,5-6,9,11,15-16,31-32H,2,4,7H2,1H3,(H3,26,28,29,30)/t9-,11-,15-,16+/m1/s1. The third-order valence-electron chi connectivity index (χ3n) is 5.74. The highest BCUT2D eigenvalue weighted by molar-refractivity contribution is 6.32. The summed E-state index contributed by atoms with van der Waals surface area (Å²) in [5, 5.41) is 24.4. The second-order valence-corrected chi connectivity index (χ2v) is 8.46. The molecule has 0 saturated heterocycles. The third-order valence-corrected chi connectivity index (χ3v) is 6.01. The Morgan fingerprint density at radius 2 is 2.06 bits per heavy atom. The number of nitrogens with two attached hydrogens (primary N) is 1. The summed E-state index contributed by atoms with van der Waals surface area (Å²) in [5.41, 5.74) is 7.30. The maximum absolute atomic E-state index is 12.4. The van der Waals surface area contributed by atoms with Crippen molar-refractivity contribution >= 4 is 40.3 Å². The lowest BCUT2D eigenvalue weighted by Gasteiger charge is -2.20. The minimum atomic E-state index is -5.16. The van der Waals surface area contributed by atoms with Gasteiger partial charge in [0.1, 0.15) is 22.8 Å². The van der Waals surface area contributed by atoms with E-state index in [2.05, 4.69) is 25.0 Å². The highest BCUT2D eigenvalue weighted by Crippen LogP contribution is 2.39. The Labute approximate surface area is 201 Å². The Kier molecular flexibility index (Phi) is 6.75. The molecule has 5 N–H and O–H groups in total. The second kappa shape index (κ2) is 9.47. The van der Waals surface area contributed by atoms with Gasteiger partial charge in [-0.1, -0.05) is 18.5 Å². The Hall–Kier alpha value is -3.16. The van der Waals surface area contributed by atoms with Gasteiger partial charge in [-0.05, 0) is 25.0 Å². The van der Waals surface area contributed by atoms with E-state index in [-0.39, 0.29) is 34.7 Å². The molecule has 0 bridgehead atoms. The summed E-state index contributed by atoms with van der Waals surface area (Å²) >= 11 is 6.34. The summed E-state index contributed by atoms with van der Waals surface area (Å²) in [5.74, 6) is -3.16. The number of nitrogens with one attached hydrogen (secondary N) is 1. The van der Waals surface area contributed by atoms with Crippen LogP contribution in [0.15, 0.2) is 22.7 Å². The molecule has 4 atom stereocenters. The largest absolute Gasteiger partial charge is 0.490 e. The van der Waals surface area contributed by atoms with Crippen molar-refractivity contribution in [3.8, 4) is 11.3 Å². The van der Waals surface area contributed by atoms with Gasteiger partial charge in [0, 0.05) is 17.0 Å². The molecule has 3 aromatic rings. The van der Waals surface area contributed by atoms with Gasteiger partial charge < -0.3 is 30.4 Å². The molecule has 3 aromatic heterocycles. The van der Waals surface area contributed by atoms with Crippen molar-refractivity contribution in [1.29, 1.82) is 0 Å². The van der Waals surface area contributed by atoms with E-state index < -0.39 is 42.9 Å². The predicted octanol–water partition coefficient (Wildman–Crippen LogP) is 2.71. The maximum atomic E-state index is 12.4. The molecule has 0 radical (unpaired) electrons. The number of carbonyl (C=O) groups excluding carboxylic acids is 1. The number of rotatable bonds is 6. The molecule has 4 rings (SSSR count). The third kappa shape index (κ3) is 5.11. The van der Waals surface area contributed by atoms with Gasteiger partial charge in [0.25, 0.3) is 0 Å². The number of anilines is 2. The first-order chi connectivity index (χ1) is 16.5. The van der Waals surface area contributed by atoms with Crippen molar-refractivity contribution in [2.45, 2.75) is 44.2 Å². The average molecular weight is 516 g/mol. The summed E-state index contributed by atoms with van der Waals surface area (Å²) in [6, 6.07) is 2.67. The molecular formula is C21H21ClF3N5O5. The molecule has 1 aliphatic rings. The van der Waals surface area contributed by atoms with Gasteiger partial charge >= 0.3 is 12.1 Å². The molecule has 1 saturated carbocycles. The molecule has 35 heavy (non-hydrogen) atoms. The fraction of sp³-hybridized carbons (Fsp3) is 0.429. The SMILES string of the molecule is CCc1cc2cc(-c3c(Cl)nc(N)nc3N[C@@H]3C[C@H](COC(=O)C(F)(F)F)[C@@H](O)[C@H]3O)oc2cn1. The van der Waals surface area contributed by atoms with Crippen LogP contribution in [0.4, 0.5) is 24.9 Å². The zero-order valence-electron chi connectivity index (χ0n) is 18.2. The van der Waals surface area contributed by atoms with Crippen LogP contribution < -0.4 is 11.1 Å². The van der Waals surface area contributed by atoms with E-state index in [0.717, 1.165) is 17.5 Å². The number of hydrogen-bond acceptors (Lipinski definition) is 10. The Morgan fingerprint density at radius 3 is 2.74 bits per heavy atom. The number of furan rings is 1. The van der Waals surface area contributed by atoms with Crippen molar-refractivity contribution in [2.24, 2.45) is 5.92 Å². The van der Waals surface area contributed by atoms with E-state index in [0.29, 0.717) is 5.58 Å². The number of pyridine rings is 1. The van der Waals surface area contributed by atoms with Crippen LogP contribution >= 0.6 is 11.6 Å². The van der Waals surface area contributed by atoms with Crippen LogP contribution in [0.25, 0.3) is 22.3 Å². The number of nitrogen functional groups attached to an aromatic ring is 1. The zero-order chi connectivity index (χ0) is 25.5. The fourth-order valence-corrected chi connectivity index (χ4v) is 4.22.